The van der Waals surface area contributed by atoms with E-state index in [1.165, 1.54) is 24.0 Å². The Balaban J connectivity index is 1.30. The van der Waals surface area contributed by atoms with Crippen molar-refractivity contribution in [2.75, 3.05) is 13.2 Å². The lowest BCUT2D eigenvalue weighted by Gasteiger charge is -2.31. The van der Waals surface area contributed by atoms with Gasteiger partial charge in [-0.1, -0.05) is 49.1 Å². The van der Waals surface area contributed by atoms with E-state index in [0.29, 0.717) is 12.5 Å². The molecule has 2 aromatic rings. The third kappa shape index (κ3) is 6.20. The van der Waals surface area contributed by atoms with Gasteiger partial charge in [-0.15, -0.1) is 0 Å². The maximum atomic E-state index is 14.9. The van der Waals surface area contributed by atoms with Crippen LogP contribution in [0.4, 0.5) is 4.39 Å². The summed E-state index contributed by atoms with van der Waals surface area (Å²) in [6, 6.07) is 14.5. The minimum Gasteiger partial charge on any atom is -0.493 e. The molecule has 2 aromatic carbocycles. The summed E-state index contributed by atoms with van der Waals surface area (Å²) in [6.45, 7) is 13.4. The van der Waals surface area contributed by atoms with Gasteiger partial charge in [0.2, 0.25) is 0 Å². The largest absolute Gasteiger partial charge is 0.493 e. The molecular weight excluding hydrogens is 387 g/mol. The fraction of sp³-hybridized carbons (Fsp3) is 0.407. The first-order chi connectivity index (χ1) is 15.0. The summed E-state index contributed by atoms with van der Waals surface area (Å²) in [5, 5.41) is 3.35. The maximum Gasteiger partial charge on any atom is 0.138 e. The molecule has 0 bridgehead atoms. The summed E-state index contributed by atoms with van der Waals surface area (Å²) in [7, 11) is 0. The monoisotopic (exact) mass is 420 g/mol. The zero-order valence-corrected chi connectivity index (χ0v) is 18.5. The van der Waals surface area contributed by atoms with Gasteiger partial charge < -0.3 is 10.1 Å². The number of hydrogen-bond donors (Lipinski definition) is 1. The predicted molar refractivity (Wildman–Crippen MR) is 124 cm³/mol. The highest BCUT2D eigenvalue weighted by atomic mass is 19.1. The van der Waals surface area contributed by atoms with Crippen LogP contribution in [0.15, 0.2) is 66.9 Å². The van der Waals surface area contributed by atoms with Crippen LogP contribution in [0.1, 0.15) is 54.6 Å². The van der Waals surface area contributed by atoms with E-state index in [1.54, 1.807) is 0 Å². The molecule has 1 saturated carbocycles. The number of ether oxygens (including phenoxy) is 1. The summed E-state index contributed by atoms with van der Waals surface area (Å²) in [5.41, 5.74) is 6.35. The Morgan fingerprint density at radius 3 is 2.58 bits per heavy atom. The molecule has 1 N–H and O–H groups in total. The van der Waals surface area contributed by atoms with Gasteiger partial charge >= 0.3 is 0 Å². The molecule has 0 aromatic heterocycles. The molecule has 0 spiro atoms. The van der Waals surface area contributed by atoms with Gasteiger partial charge in [-0.3, -0.25) is 4.90 Å². The SMILES string of the molecule is C=C(C)CC(=C)NCc1ccc(CN2Cc3ccc(OCC4CC4)cc3C(F)C2)cc1. The number of rotatable bonds is 10. The number of halogens is 1. The van der Waals surface area contributed by atoms with Crippen LogP contribution in [0.2, 0.25) is 0 Å². The van der Waals surface area contributed by atoms with Gasteiger partial charge in [0.25, 0.3) is 0 Å². The highest BCUT2D eigenvalue weighted by molar-refractivity contribution is 5.39. The highest BCUT2D eigenvalue weighted by Crippen LogP contribution is 2.34. The van der Waals surface area contributed by atoms with E-state index in [2.05, 4.69) is 47.6 Å². The number of nitrogens with zero attached hydrogens (tertiary/aromatic N) is 1. The molecule has 1 aliphatic heterocycles. The Morgan fingerprint density at radius 2 is 1.87 bits per heavy atom. The molecule has 1 atom stereocenters. The second-order valence-electron chi connectivity index (χ2n) is 9.16. The van der Waals surface area contributed by atoms with E-state index < -0.39 is 6.17 Å². The van der Waals surface area contributed by atoms with Gasteiger partial charge in [-0.05, 0) is 60.1 Å². The first-order valence-corrected chi connectivity index (χ1v) is 11.2. The first kappa shape index (κ1) is 21.6. The molecule has 4 heteroatoms. The van der Waals surface area contributed by atoms with E-state index in [1.807, 2.05) is 25.1 Å². The fourth-order valence-corrected chi connectivity index (χ4v) is 4.02. The van der Waals surface area contributed by atoms with Crippen LogP contribution in [0.3, 0.4) is 0 Å². The van der Waals surface area contributed by atoms with E-state index in [-0.39, 0.29) is 0 Å². The minimum atomic E-state index is -0.976. The van der Waals surface area contributed by atoms with Crippen molar-refractivity contribution in [1.82, 2.24) is 10.2 Å². The Bertz CT molecular complexity index is 933. The van der Waals surface area contributed by atoms with Crippen LogP contribution in [0.25, 0.3) is 0 Å². The van der Waals surface area contributed by atoms with Gasteiger partial charge in [0, 0.05) is 38.3 Å². The van der Waals surface area contributed by atoms with Crippen molar-refractivity contribution < 1.29 is 9.13 Å². The average Bonchev–Trinajstić information content (AvgIpc) is 3.56. The van der Waals surface area contributed by atoms with Crippen LogP contribution < -0.4 is 10.1 Å². The topological polar surface area (TPSA) is 24.5 Å². The number of benzene rings is 2. The summed E-state index contributed by atoms with van der Waals surface area (Å²) in [6.07, 6.45) is 2.34. The maximum absolute atomic E-state index is 14.9. The van der Waals surface area contributed by atoms with E-state index in [4.69, 9.17) is 4.74 Å². The van der Waals surface area contributed by atoms with Crippen molar-refractivity contribution in [2.45, 2.75) is 52.0 Å². The molecule has 4 rings (SSSR count). The summed E-state index contributed by atoms with van der Waals surface area (Å²) in [5.74, 6) is 1.50. The Hall–Kier alpha value is -2.59. The van der Waals surface area contributed by atoms with Crippen LogP contribution in [0.5, 0.6) is 5.75 Å². The molecule has 164 valence electrons. The summed E-state index contributed by atoms with van der Waals surface area (Å²) < 4.78 is 20.8. The molecule has 0 amide bonds. The molecule has 3 nitrogen and oxygen atoms in total. The molecule has 1 unspecified atom stereocenters. The molecule has 31 heavy (non-hydrogen) atoms. The second-order valence-corrected chi connectivity index (χ2v) is 9.16. The molecular formula is C27H33FN2O. The first-order valence-electron chi connectivity index (χ1n) is 11.2. The average molecular weight is 421 g/mol. The quantitative estimate of drug-likeness (QED) is 0.472. The van der Waals surface area contributed by atoms with E-state index >= 15 is 0 Å². The third-order valence-corrected chi connectivity index (χ3v) is 5.94. The van der Waals surface area contributed by atoms with Gasteiger partial charge in [-0.2, -0.15) is 0 Å². The van der Waals surface area contributed by atoms with Crippen LogP contribution in [0, 0.1) is 5.92 Å². The molecule has 0 saturated heterocycles. The number of allylic oxidation sites excluding steroid dienone is 1. The molecule has 1 heterocycles. The van der Waals surface area contributed by atoms with Crippen molar-refractivity contribution in [1.29, 1.82) is 0 Å². The number of hydrogen-bond acceptors (Lipinski definition) is 3. The van der Waals surface area contributed by atoms with E-state index in [9.17, 15) is 4.39 Å². The molecule has 2 aliphatic rings. The van der Waals surface area contributed by atoms with E-state index in [0.717, 1.165) is 60.8 Å². The number of alkyl halides is 1. The second kappa shape index (κ2) is 9.69. The highest BCUT2D eigenvalue weighted by Gasteiger charge is 2.26. The van der Waals surface area contributed by atoms with Crippen molar-refractivity contribution in [3.8, 4) is 5.75 Å². The van der Waals surface area contributed by atoms with Crippen molar-refractivity contribution >= 4 is 0 Å². The third-order valence-electron chi connectivity index (χ3n) is 5.94. The Labute approximate surface area is 185 Å². The number of nitrogens with one attached hydrogen (secondary N) is 1. The molecule has 1 aliphatic carbocycles. The lowest BCUT2D eigenvalue weighted by atomic mass is 9.97. The Morgan fingerprint density at radius 1 is 1.13 bits per heavy atom. The van der Waals surface area contributed by atoms with Crippen LogP contribution >= 0.6 is 0 Å². The lowest BCUT2D eigenvalue weighted by molar-refractivity contribution is 0.158. The van der Waals surface area contributed by atoms with Crippen molar-refractivity contribution in [3.63, 3.8) is 0 Å². The van der Waals surface area contributed by atoms with Gasteiger partial charge in [-0.25, -0.2) is 4.39 Å². The number of fused-ring (bicyclic) bond motifs is 1. The van der Waals surface area contributed by atoms with Crippen molar-refractivity contribution in [2.24, 2.45) is 5.92 Å². The zero-order valence-electron chi connectivity index (χ0n) is 18.5. The van der Waals surface area contributed by atoms with Crippen molar-refractivity contribution in [3.05, 3.63) is 89.1 Å². The minimum absolute atomic E-state index is 0.420. The normalized spacial score (nSPS) is 18.3. The lowest BCUT2D eigenvalue weighted by Crippen LogP contribution is -2.31. The van der Waals surface area contributed by atoms with Gasteiger partial charge in [0.05, 0.1) is 6.61 Å². The Kier molecular flexibility index (Phi) is 6.77. The summed E-state index contributed by atoms with van der Waals surface area (Å²) >= 11 is 0. The standard InChI is InChI=1S/C27H33FN2O/c1-19(2)12-20(3)29-14-21-4-6-22(7-5-21)15-30-16-24-10-11-25(31-18-23-8-9-23)13-26(24)27(28)17-30/h4-7,10-11,13,23,27,29H,1,3,8-9,12,14-18H2,2H3. The summed E-state index contributed by atoms with van der Waals surface area (Å²) in [4.78, 5) is 2.18. The zero-order chi connectivity index (χ0) is 21.8. The molecule has 0 radical (unpaired) electrons. The van der Waals surface area contributed by atoms with Crippen LogP contribution in [-0.2, 0) is 19.6 Å². The fourth-order valence-electron chi connectivity index (χ4n) is 4.02. The van der Waals surface area contributed by atoms with Gasteiger partial charge in [0.15, 0.2) is 0 Å². The smallest absolute Gasteiger partial charge is 0.138 e. The van der Waals surface area contributed by atoms with Crippen LogP contribution in [-0.4, -0.2) is 18.1 Å². The molecule has 1 fully saturated rings. The predicted octanol–water partition coefficient (Wildman–Crippen LogP) is 6.07. The van der Waals surface area contributed by atoms with Gasteiger partial charge in [0.1, 0.15) is 11.9 Å².